The molecule has 0 saturated carbocycles. The van der Waals surface area contributed by atoms with Gasteiger partial charge in [0.2, 0.25) is 0 Å². The van der Waals surface area contributed by atoms with Crippen LogP contribution in [0.1, 0.15) is 24.1 Å². The Hall–Kier alpha value is -2.63. The Bertz CT molecular complexity index is 732. The third-order valence-electron chi connectivity index (χ3n) is 4.00. The minimum atomic E-state index is -0.923. The van der Waals surface area contributed by atoms with Crippen LogP contribution in [-0.4, -0.2) is 32.1 Å². The van der Waals surface area contributed by atoms with Crippen LogP contribution >= 0.6 is 0 Å². The molecule has 0 aliphatic heterocycles. The maximum Gasteiger partial charge on any atom is 0.317 e. The van der Waals surface area contributed by atoms with Crippen LogP contribution in [-0.2, 0) is 6.54 Å². The Morgan fingerprint density at radius 3 is 2.24 bits per heavy atom. The van der Waals surface area contributed by atoms with Crippen LogP contribution in [0.25, 0.3) is 0 Å². The highest BCUT2D eigenvalue weighted by atomic mass is 19.2. The van der Waals surface area contributed by atoms with Crippen LogP contribution in [0.2, 0.25) is 0 Å². The van der Waals surface area contributed by atoms with Crippen molar-refractivity contribution in [1.29, 1.82) is 0 Å². The van der Waals surface area contributed by atoms with E-state index in [9.17, 15) is 13.6 Å². The number of nitrogens with one attached hydrogen (secondary N) is 1. The summed E-state index contributed by atoms with van der Waals surface area (Å²) in [6.45, 7) is 2.17. The fraction of sp³-hybridized carbons (Fsp3) is 0.316. The zero-order valence-corrected chi connectivity index (χ0v) is 14.9. The lowest BCUT2D eigenvalue weighted by atomic mass is 10.1. The molecule has 0 saturated heterocycles. The summed E-state index contributed by atoms with van der Waals surface area (Å²) in [5, 5.41) is 2.78. The van der Waals surface area contributed by atoms with Gasteiger partial charge in [0.15, 0.2) is 11.6 Å². The number of halogens is 2. The minimum Gasteiger partial charge on any atom is -0.378 e. The Balaban J connectivity index is 1.96. The van der Waals surface area contributed by atoms with E-state index < -0.39 is 17.7 Å². The molecule has 2 rings (SSSR count). The highest BCUT2D eigenvalue weighted by Crippen LogP contribution is 2.17. The van der Waals surface area contributed by atoms with Gasteiger partial charge >= 0.3 is 6.03 Å². The Kier molecular flexibility index (Phi) is 5.96. The topological polar surface area (TPSA) is 35.6 Å². The fourth-order valence-electron chi connectivity index (χ4n) is 2.41. The standard InChI is InChI=1S/C19H23F2N3O/c1-13(15-7-10-17(20)18(21)11-15)22-19(25)24(4)12-14-5-8-16(9-6-14)23(2)3/h5-11,13H,12H2,1-4H3,(H,22,25). The number of urea groups is 1. The number of nitrogens with zero attached hydrogens (tertiary/aromatic N) is 2. The first-order valence-corrected chi connectivity index (χ1v) is 8.00. The predicted molar refractivity (Wildman–Crippen MR) is 95.5 cm³/mol. The van der Waals surface area contributed by atoms with E-state index in [0.29, 0.717) is 12.1 Å². The van der Waals surface area contributed by atoms with Gasteiger partial charge < -0.3 is 15.1 Å². The molecule has 0 aliphatic rings. The maximum atomic E-state index is 13.3. The highest BCUT2D eigenvalue weighted by molar-refractivity contribution is 5.74. The molecule has 2 aromatic carbocycles. The van der Waals surface area contributed by atoms with E-state index in [1.807, 2.05) is 43.3 Å². The fourth-order valence-corrected chi connectivity index (χ4v) is 2.41. The Morgan fingerprint density at radius 1 is 1.04 bits per heavy atom. The lowest BCUT2D eigenvalue weighted by Crippen LogP contribution is -2.38. The molecule has 0 fully saturated rings. The molecule has 0 aromatic heterocycles. The number of anilines is 1. The first kappa shape index (κ1) is 18.7. The van der Waals surface area contributed by atoms with Gasteiger partial charge in [0, 0.05) is 33.4 Å². The van der Waals surface area contributed by atoms with Crippen molar-refractivity contribution in [3.63, 3.8) is 0 Å². The van der Waals surface area contributed by atoms with Gasteiger partial charge in [-0.15, -0.1) is 0 Å². The van der Waals surface area contributed by atoms with E-state index in [1.54, 1.807) is 18.9 Å². The van der Waals surface area contributed by atoms with Crippen molar-refractivity contribution in [2.75, 3.05) is 26.0 Å². The van der Waals surface area contributed by atoms with Crippen LogP contribution in [0.15, 0.2) is 42.5 Å². The summed E-state index contributed by atoms with van der Waals surface area (Å²) in [7, 11) is 5.62. The van der Waals surface area contributed by atoms with Gasteiger partial charge in [0.1, 0.15) is 0 Å². The van der Waals surface area contributed by atoms with E-state index in [-0.39, 0.29) is 6.03 Å². The van der Waals surface area contributed by atoms with E-state index in [0.717, 1.165) is 23.4 Å². The van der Waals surface area contributed by atoms with Gasteiger partial charge in [0.05, 0.1) is 6.04 Å². The average molecular weight is 347 g/mol. The summed E-state index contributed by atoms with van der Waals surface area (Å²) >= 11 is 0. The number of benzene rings is 2. The lowest BCUT2D eigenvalue weighted by molar-refractivity contribution is 0.203. The highest BCUT2D eigenvalue weighted by Gasteiger charge is 2.15. The average Bonchev–Trinajstić information content (AvgIpc) is 2.57. The normalized spacial score (nSPS) is 11.8. The minimum absolute atomic E-state index is 0.283. The molecule has 6 heteroatoms. The number of hydrogen-bond acceptors (Lipinski definition) is 2. The quantitative estimate of drug-likeness (QED) is 0.889. The van der Waals surface area contributed by atoms with Gasteiger partial charge in [-0.2, -0.15) is 0 Å². The van der Waals surface area contributed by atoms with E-state index in [2.05, 4.69) is 5.32 Å². The SMILES string of the molecule is CC(NC(=O)N(C)Cc1ccc(N(C)C)cc1)c1ccc(F)c(F)c1. The lowest BCUT2D eigenvalue weighted by Gasteiger charge is -2.22. The van der Waals surface area contributed by atoms with E-state index >= 15 is 0 Å². The predicted octanol–water partition coefficient (Wildman–Crippen LogP) is 3.93. The van der Waals surface area contributed by atoms with Crippen LogP contribution < -0.4 is 10.2 Å². The third kappa shape index (κ3) is 4.92. The Labute approximate surface area is 147 Å². The summed E-state index contributed by atoms with van der Waals surface area (Å²) in [4.78, 5) is 15.8. The number of hydrogen-bond donors (Lipinski definition) is 1. The van der Waals surface area contributed by atoms with Crippen LogP contribution in [0.5, 0.6) is 0 Å². The molecule has 0 aliphatic carbocycles. The van der Waals surface area contributed by atoms with Gasteiger partial charge in [-0.1, -0.05) is 18.2 Å². The summed E-state index contributed by atoms with van der Waals surface area (Å²) in [5.74, 6) is -1.83. The molecule has 1 unspecified atom stereocenters. The van der Waals surface area contributed by atoms with Crippen LogP contribution in [0.3, 0.4) is 0 Å². The Morgan fingerprint density at radius 2 is 1.68 bits per heavy atom. The molecule has 4 nitrogen and oxygen atoms in total. The monoisotopic (exact) mass is 347 g/mol. The summed E-state index contributed by atoms with van der Waals surface area (Å²) in [6.07, 6.45) is 0. The second-order valence-corrected chi connectivity index (χ2v) is 6.26. The molecule has 0 bridgehead atoms. The van der Waals surface area contributed by atoms with Gasteiger partial charge in [-0.05, 0) is 42.3 Å². The van der Waals surface area contributed by atoms with Gasteiger partial charge in [-0.25, -0.2) is 13.6 Å². The summed E-state index contributed by atoms with van der Waals surface area (Å²) < 4.78 is 26.3. The van der Waals surface area contributed by atoms with Gasteiger partial charge in [-0.3, -0.25) is 0 Å². The molecule has 1 N–H and O–H groups in total. The number of carbonyl (C=O) groups excluding carboxylic acids is 1. The largest absolute Gasteiger partial charge is 0.378 e. The molecule has 0 spiro atoms. The van der Waals surface area contributed by atoms with E-state index in [1.165, 1.54) is 6.07 Å². The molecule has 25 heavy (non-hydrogen) atoms. The van der Waals surface area contributed by atoms with Gasteiger partial charge in [0.25, 0.3) is 0 Å². The first-order chi connectivity index (χ1) is 11.8. The second kappa shape index (κ2) is 7.96. The first-order valence-electron chi connectivity index (χ1n) is 8.00. The third-order valence-corrected chi connectivity index (χ3v) is 4.00. The van der Waals surface area contributed by atoms with Crippen molar-refractivity contribution in [3.8, 4) is 0 Å². The number of amides is 2. The molecule has 2 amide bonds. The van der Waals surface area contributed by atoms with Crippen LogP contribution in [0.4, 0.5) is 19.3 Å². The molecule has 134 valence electrons. The molecule has 0 heterocycles. The maximum absolute atomic E-state index is 13.3. The van der Waals surface area contributed by atoms with Crippen molar-refractivity contribution < 1.29 is 13.6 Å². The van der Waals surface area contributed by atoms with Crippen molar-refractivity contribution in [2.24, 2.45) is 0 Å². The summed E-state index contributed by atoms with van der Waals surface area (Å²) in [6, 6.07) is 10.8. The van der Waals surface area contributed by atoms with E-state index in [4.69, 9.17) is 0 Å². The van der Waals surface area contributed by atoms with Crippen molar-refractivity contribution in [3.05, 3.63) is 65.2 Å². The second-order valence-electron chi connectivity index (χ2n) is 6.26. The number of carbonyl (C=O) groups is 1. The molecule has 1 atom stereocenters. The van der Waals surface area contributed by atoms with Crippen molar-refractivity contribution in [2.45, 2.75) is 19.5 Å². The molecular formula is C19H23F2N3O. The molecule has 2 aromatic rings. The molecular weight excluding hydrogens is 324 g/mol. The zero-order chi connectivity index (χ0) is 18.6. The smallest absolute Gasteiger partial charge is 0.317 e. The van der Waals surface area contributed by atoms with Crippen molar-refractivity contribution >= 4 is 11.7 Å². The number of rotatable bonds is 5. The summed E-state index contributed by atoms with van der Waals surface area (Å²) in [5.41, 5.74) is 2.60. The molecule has 0 radical (unpaired) electrons. The zero-order valence-electron chi connectivity index (χ0n) is 14.9. The van der Waals surface area contributed by atoms with Crippen LogP contribution in [0, 0.1) is 11.6 Å². The van der Waals surface area contributed by atoms with Crippen molar-refractivity contribution in [1.82, 2.24) is 10.2 Å².